The minimum absolute atomic E-state index is 1.18. The minimum atomic E-state index is 1.18. The van der Waals surface area contributed by atoms with Gasteiger partial charge in [0.1, 0.15) is 0 Å². The van der Waals surface area contributed by atoms with Gasteiger partial charge >= 0.3 is 0 Å². The summed E-state index contributed by atoms with van der Waals surface area (Å²) in [5.74, 6) is 0. The highest BCUT2D eigenvalue weighted by molar-refractivity contribution is 6.13. The molecule has 6 aromatic rings. The zero-order valence-corrected chi connectivity index (χ0v) is 19.1. The van der Waals surface area contributed by atoms with Gasteiger partial charge in [-0.3, -0.25) is 9.97 Å². The van der Waals surface area contributed by atoms with Crippen molar-refractivity contribution in [1.29, 1.82) is 0 Å². The molecule has 0 aliphatic heterocycles. The van der Waals surface area contributed by atoms with Crippen molar-refractivity contribution in [2.24, 2.45) is 0 Å². The lowest BCUT2D eigenvalue weighted by molar-refractivity contribution is 0.690. The molecule has 2 heterocycles. The van der Waals surface area contributed by atoms with Crippen LogP contribution < -0.4 is 0 Å². The standard InChI is InChI=1S/C23H19N.C9H7N/c1-2-7-18-16(5-1)10-11-23-20-9-3-8-19(17-6-4-14-24-15-17)22(20)13-12-21(18)23;1-2-4-9-7-10-6-5-8(9)3-1/h3-4,6,8-15H,1-2,5,7H2;1-7H. The molecule has 0 atom stereocenters. The summed E-state index contributed by atoms with van der Waals surface area (Å²) in [5.41, 5.74) is 5.57. The van der Waals surface area contributed by atoms with Gasteiger partial charge in [-0.15, -0.1) is 0 Å². The zero-order valence-electron chi connectivity index (χ0n) is 19.1. The van der Waals surface area contributed by atoms with Crippen LogP contribution in [0.4, 0.5) is 0 Å². The molecular weight excluding hydrogens is 412 g/mol. The Bertz CT molecular complexity index is 1540. The smallest absolute Gasteiger partial charge is 0.0346 e. The Morgan fingerprint density at radius 1 is 0.500 bits per heavy atom. The predicted octanol–water partition coefficient (Wildman–Crippen LogP) is 8.17. The van der Waals surface area contributed by atoms with Crippen LogP contribution in [-0.2, 0) is 12.8 Å². The Hall–Kier alpha value is -4.04. The van der Waals surface area contributed by atoms with Crippen LogP contribution in [0.1, 0.15) is 24.0 Å². The molecule has 164 valence electrons. The Labute approximate surface area is 199 Å². The van der Waals surface area contributed by atoms with E-state index in [4.69, 9.17) is 0 Å². The van der Waals surface area contributed by atoms with E-state index in [0.29, 0.717) is 0 Å². The van der Waals surface area contributed by atoms with Crippen molar-refractivity contribution in [3.63, 3.8) is 0 Å². The first-order valence-corrected chi connectivity index (χ1v) is 12.0. The summed E-state index contributed by atoms with van der Waals surface area (Å²) in [5, 5.41) is 7.94. The van der Waals surface area contributed by atoms with Crippen LogP contribution in [0.5, 0.6) is 0 Å². The van der Waals surface area contributed by atoms with Gasteiger partial charge in [-0.25, -0.2) is 0 Å². The molecule has 0 amide bonds. The molecule has 0 bridgehead atoms. The Morgan fingerprint density at radius 2 is 1.29 bits per heavy atom. The van der Waals surface area contributed by atoms with Crippen LogP contribution in [0, 0.1) is 0 Å². The molecule has 0 spiro atoms. The van der Waals surface area contributed by atoms with Gasteiger partial charge < -0.3 is 0 Å². The lowest BCUT2D eigenvalue weighted by Crippen LogP contribution is -2.03. The molecule has 0 saturated heterocycles. The van der Waals surface area contributed by atoms with Crippen molar-refractivity contribution in [1.82, 2.24) is 9.97 Å². The number of aromatic nitrogens is 2. The highest BCUT2D eigenvalue weighted by Gasteiger charge is 2.14. The summed E-state index contributed by atoms with van der Waals surface area (Å²) in [6.07, 6.45) is 12.6. The monoisotopic (exact) mass is 438 g/mol. The van der Waals surface area contributed by atoms with E-state index in [1.54, 1.807) is 11.1 Å². The summed E-state index contributed by atoms with van der Waals surface area (Å²) in [6, 6.07) is 30.3. The summed E-state index contributed by atoms with van der Waals surface area (Å²) in [6.45, 7) is 0. The summed E-state index contributed by atoms with van der Waals surface area (Å²) in [4.78, 5) is 8.30. The second kappa shape index (κ2) is 9.07. The molecule has 0 N–H and O–H groups in total. The van der Waals surface area contributed by atoms with E-state index in [1.165, 1.54) is 69.1 Å². The molecule has 0 fully saturated rings. The molecule has 2 nitrogen and oxygen atoms in total. The largest absolute Gasteiger partial charge is 0.264 e. The lowest BCUT2D eigenvalue weighted by atomic mass is 9.86. The molecule has 0 radical (unpaired) electrons. The summed E-state index contributed by atoms with van der Waals surface area (Å²) < 4.78 is 0. The Morgan fingerprint density at radius 3 is 2.18 bits per heavy atom. The van der Waals surface area contributed by atoms with Crippen LogP contribution >= 0.6 is 0 Å². The number of aryl methyl sites for hydroxylation is 2. The molecule has 2 heteroatoms. The Kier molecular flexibility index (Phi) is 5.48. The first-order valence-electron chi connectivity index (χ1n) is 12.0. The molecule has 7 rings (SSSR count). The Balaban J connectivity index is 0.000000182. The quantitative estimate of drug-likeness (QED) is 0.242. The van der Waals surface area contributed by atoms with Crippen molar-refractivity contribution in [2.75, 3.05) is 0 Å². The zero-order chi connectivity index (χ0) is 22.7. The van der Waals surface area contributed by atoms with Crippen LogP contribution in [0.15, 0.2) is 110 Å². The van der Waals surface area contributed by atoms with Gasteiger partial charge in [0.25, 0.3) is 0 Å². The van der Waals surface area contributed by atoms with E-state index in [-0.39, 0.29) is 0 Å². The maximum atomic E-state index is 4.29. The molecule has 2 aromatic heterocycles. The molecular formula is C32H26N2. The second-order valence-electron chi connectivity index (χ2n) is 8.94. The van der Waals surface area contributed by atoms with E-state index < -0.39 is 0 Å². The van der Waals surface area contributed by atoms with Gasteiger partial charge in [-0.05, 0) is 86.8 Å². The maximum absolute atomic E-state index is 4.29. The minimum Gasteiger partial charge on any atom is -0.264 e. The van der Waals surface area contributed by atoms with E-state index >= 15 is 0 Å². The first-order chi connectivity index (χ1) is 16.9. The molecule has 1 aliphatic rings. The third kappa shape index (κ3) is 3.82. The van der Waals surface area contributed by atoms with Gasteiger partial charge in [0.15, 0.2) is 0 Å². The normalized spacial score (nSPS) is 12.8. The molecule has 1 aliphatic carbocycles. The number of rotatable bonds is 1. The van der Waals surface area contributed by atoms with Crippen molar-refractivity contribution in [3.8, 4) is 11.1 Å². The predicted molar refractivity (Wildman–Crippen MR) is 143 cm³/mol. The fourth-order valence-electron chi connectivity index (χ4n) is 5.23. The highest BCUT2D eigenvalue weighted by Crippen LogP contribution is 2.36. The first kappa shape index (κ1) is 20.6. The number of pyridine rings is 2. The van der Waals surface area contributed by atoms with E-state index in [0.717, 1.165) is 0 Å². The maximum Gasteiger partial charge on any atom is 0.0346 e. The van der Waals surface area contributed by atoms with Gasteiger partial charge in [-0.2, -0.15) is 0 Å². The molecule has 0 unspecified atom stereocenters. The third-order valence-corrected chi connectivity index (χ3v) is 6.91. The number of hydrogen-bond acceptors (Lipinski definition) is 2. The fraction of sp³-hybridized carbons (Fsp3) is 0.125. The number of hydrogen-bond donors (Lipinski definition) is 0. The van der Waals surface area contributed by atoms with Crippen LogP contribution in [-0.4, -0.2) is 9.97 Å². The van der Waals surface area contributed by atoms with Crippen molar-refractivity contribution in [2.45, 2.75) is 25.7 Å². The average Bonchev–Trinajstić information content (AvgIpc) is 2.93. The molecule has 0 saturated carbocycles. The number of fused-ring (bicyclic) bond motifs is 6. The van der Waals surface area contributed by atoms with Gasteiger partial charge in [0, 0.05) is 30.4 Å². The fourth-order valence-corrected chi connectivity index (χ4v) is 5.23. The number of nitrogens with zero attached hydrogens (tertiary/aromatic N) is 2. The van der Waals surface area contributed by atoms with Crippen molar-refractivity contribution in [3.05, 3.63) is 121 Å². The molecule has 4 aromatic carbocycles. The number of benzene rings is 4. The molecule has 34 heavy (non-hydrogen) atoms. The lowest BCUT2D eigenvalue weighted by Gasteiger charge is -2.19. The topological polar surface area (TPSA) is 25.8 Å². The summed E-state index contributed by atoms with van der Waals surface area (Å²) >= 11 is 0. The van der Waals surface area contributed by atoms with E-state index in [1.807, 2.05) is 49.1 Å². The van der Waals surface area contributed by atoms with Gasteiger partial charge in [0.05, 0.1) is 0 Å². The van der Waals surface area contributed by atoms with Crippen LogP contribution in [0.25, 0.3) is 43.4 Å². The van der Waals surface area contributed by atoms with E-state index in [9.17, 15) is 0 Å². The SMILES string of the molecule is c1ccc2cnccc2c1.c1cncc(-c2cccc3c2ccc2c4c(ccc23)CCCC4)c1. The van der Waals surface area contributed by atoms with E-state index in [2.05, 4.69) is 70.6 Å². The third-order valence-electron chi connectivity index (χ3n) is 6.91. The van der Waals surface area contributed by atoms with Crippen molar-refractivity contribution < 1.29 is 0 Å². The van der Waals surface area contributed by atoms with Crippen LogP contribution in [0.2, 0.25) is 0 Å². The van der Waals surface area contributed by atoms with Gasteiger partial charge in [-0.1, -0.05) is 72.8 Å². The summed E-state index contributed by atoms with van der Waals surface area (Å²) in [7, 11) is 0. The highest BCUT2D eigenvalue weighted by atomic mass is 14.6. The van der Waals surface area contributed by atoms with Gasteiger partial charge in [0.2, 0.25) is 0 Å². The average molecular weight is 439 g/mol. The van der Waals surface area contributed by atoms with Crippen LogP contribution in [0.3, 0.4) is 0 Å². The second-order valence-corrected chi connectivity index (χ2v) is 8.94. The van der Waals surface area contributed by atoms with Crippen molar-refractivity contribution >= 4 is 32.3 Å².